The molecule has 9 nitrogen and oxygen atoms in total. The molecule has 0 amide bonds. The van der Waals surface area contributed by atoms with Crippen molar-refractivity contribution >= 4 is 29.7 Å². The van der Waals surface area contributed by atoms with Crippen molar-refractivity contribution in [2.45, 2.75) is 33.6 Å². The minimum Gasteiger partial charge on any atom is -0.469 e. The molecule has 0 spiro atoms. The molecule has 1 saturated carbocycles. The van der Waals surface area contributed by atoms with E-state index in [0.29, 0.717) is 0 Å². The van der Waals surface area contributed by atoms with Gasteiger partial charge < -0.3 is 18.9 Å². The number of esters is 4. The van der Waals surface area contributed by atoms with Crippen molar-refractivity contribution in [2.75, 3.05) is 26.9 Å². The fraction of sp³-hybridized carbons (Fsp3) is 0.542. The lowest BCUT2D eigenvalue weighted by atomic mass is 9.73. The number of ketones is 1. The van der Waals surface area contributed by atoms with Crippen molar-refractivity contribution in [2.24, 2.45) is 23.2 Å². The van der Waals surface area contributed by atoms with Gasteiger partial charge in [-0.1, -0.05) is 30.3 Å². The lowest BCUT2D eigenvalue weighted by Crippen LogP contribution is -2.50. The standard InChI is InChI=1S/C24H30O9/c1-5-31-21(27)19-18(20(26)15-11-9-8-10-12-15)16(13-17(25)30-4)14-24(19,22(28)32-6-2)23(29)33-7-3/h8-12,16,18-19H,5-7,13-14H2,1-4H3/t16-,18+,19-/m0/s1. The van der Waals surface area contributed by atoms with Gasteiger partial charge in [-0.25, -0.2) is 0 Å². The number of hydrogen-bond donors (Lipinski definition) is 0. The first-order valence-electron chi connectivity index (χ1n) is 10.9. The van der Waals surface area contributed by atoms with Gasteiger partial charge in [0.1, 0.15) is 0 Å². The number of hydrogen-bond acceptors (Lipinski definition) is 9. The second kappa shape index (κ2) is 11.6. The Hall–Kier alpha value is -3.23. The van der Waals surface area contributed by atoms with Gasteiger partial charge in [0.2, 0.25) is 0 Å². The average molecular weight is 462 g/mol. The van der Waals surface area contributed by atoms with Gasteiger partial charge in [-0.05, 0) is 33.1 Å². The lowest BCUT2D eigenvalue weighted by molar-refractivity contribution is -0.182. The van der Waals surface area contributed by atoms with E-state index in [1.165, 1.54) is 7.11 Å². The van der Waals surface area contributed by atoms with Crippen LogP contribution < -0.4 is 0 Å². The molecule has 2 rings (SSSR count). The van der Waals surface area contributed by atoms with Gasteiger partial charge >= 0.3 is 23.9 Å². The van der Waals surface area contributed by atoms with Crippen molar-refractivity contribution in [1.82, 2.24) is 0 Å². The van der Waals surface area contributed by atoms with Crippen LogP contribution in [0.1, 0.15) is 44.0 Å². The average Bonchev–Trinajstić information content (AvgIpc) is 3.15. The Kier molecular flexibility index (Phi) is 9.13. The minimum absolute atomic E-state index is 0.0367. The zero-order chi connectivity index (χ0) is 24.6. The Morgan fingerprint density at radius 3 is 1.91 bits per heavy atom. The number of benzene rings is 1. The summed E-state index contributed by atoms with van der Waals surface area (Å²) in [7, 11) is 1.19. The minimum atomic E-state index is -2.13. The highest BCUT2D eigenvalue weighted by Crippen LogP contribution is 2.55. The van der Waals surface area contributed by atoms with Gasteiger partial charge in [0.15, 0.2) is 11.2 Å². The molecule has 33 heavy (non-hydrogen) atoms. The third-order valence-corrected chi connectivity index (χ3v) is 5.82. The highest BCUT2D eigenvalue weighted by atomic mass is 16.6. The van der Waals surface area contributed by atoms with Gasteiger partial charge in [0.05, 0.1) is 32.8 Å². The van der Waals surface area contributed by atoms with Gasteiger partial charge in [0.25, 0.3) is 0 Å². The smallest absolute Gasteiger partial charge is 0.324 e. The molecule has 9 heteroatoms. The monoisotopic (exact) mass is 462 g/mol. The van der Waals surface area contributed by atoms with Gasteiger partial charge in [-0.3, -0.25) is 24.0 Å². The summed E-state index contributed by atoms with van der Waals surface area (Å²) in [5.41, 5.74) is -1.86. The quantitative estimate of drug-likeness (QED) is 0.223. The van der Waals surface area contributed by atoms with Gasteiger partial charge in [-0.15, -0.1) is 0 Å². The molecule has 0 unspecified atom stereocenters. The molecule has 0 N–H and O–H groups in total. The summed E-state index contributed by atoms with van der Waals surface area (Å²) in [5, 5.41) is 0. The van der Waals surface area contributed by atoms with E-state index in [9.17, 15) is 24.0 Å². The molecular formula is C24H30O9. The Labute approximate surface area is 192 Å². The third-order valence-electron chi connectivity index (χ3n) is 5.82. The van der Waals surface area contributed by atoms with Gasteiger partial charge in [-0.2, -0.15) is 0 Å². The van der Waals surface area contributed by atoms with Crippen LogP contribution in [0.25, 0.3) is 0 Å². The highest BCUT2D eigenvalue weighted by Gasteiger charge is 2.69. The molecule has 3 atom stereocenters. The molecule has 1 aliphatic rings. The number of carbonyl (C=O) groups excluding carboxylic acids is 5. The Morgan fingerprint density at radius 2 is 1.42 bits per heavy atom. The predicted octanol–water partition coefficient (Wildman–Crippen LogP) is 2.36. The molecule has 1 fully saturated rings. The summed E-state index contributed by atoms with van der Waals surface area (Å²) in [4.78, 5) is 65.5. The topological polar surface area (TPSA) is 122 Å². The molecule has 1 aromatic carbocycles. The van der Waals surface area contributed by atoms with E-state index in [1.807, 2.05) is 0 Å². The lowest BCUT2D eigenvalue weighted by Gasteiger charge is -2.31. The fourth-order valence-corrected chi connectivity index (χ4v) is 4.51. The summed E-state index contributed by atoms with van der Waals surface area (Å²) in [5.74, 6) is -7.61. The van der Waals surface area contributed by atoms with E-state index < -0.39 is 52.8 Å². The fourth-order valence-electron chi connectivity index (χ4n) is 4.51. The highest BCUT2D eigenvalue weighted by molar-refractivity contribution is 6.09. The molecule has 0 bridgehead atoms. The molecule has 1 aromatic rings. The maximum absolute atomic E-state index is 13.6. The van der Waals surface area contributed by atoms with E-state index in [0.717, 1.165) is 0 Å². The zero-order valence-corrected chi connectivity index (χ0v) is 19.3. The summed E-state index contributed by atoms with van der Waals surface area (Å²) < 4.78 is 20.4. The second-order valence-electron chi connectivity index (χ2n) is 7.64. The van der Waals surface area contributed by atoms with E-state index in [4.69, 9.17) is 18.9 Å². The maximum Gasteiger partial charge on any atom is 0.324 e. The Morgan fingerprint density at radius 1 is 0.879 bits per heavy atom. The van der Waals surface area contributed by atoms with Crippen LogP contribution in [0, 0.1) is 23.2 Å². The van der Waals surface area contributed by atoms with Crippen LogP contribution in [0.4, 0.5) is 0 Å². The predicted molar refractivity (Wildman–Crippen MR) is 115 cm³/mol. The van der Waals surface area contributed by atoms with E-state index in [1.54, 1.807) is 51.1 Å². The van der Waals surface area contributed by atoms with Crippen LogP contribution in [0.15, 0.2) is 30.3 Å². The normalized spacial score (nSPS) is 21.0. The van der Waals surface area contributed by atoms with Crippen LogP contribution >= 0.6 is 0 Å². The van der Waals surface area contributed by atoms with Crippen LogP contribution in [0.3, 0.4) is 0 Å². The van der Waals surface area contributed by atoms with Crippen molar-refractivity contribution in [3.63, 3.8) is 0 Å². The van der Waals surface area contributed by atoms with Crippen molar-refractivity contribution in [3.05, 3.63) is 35.9 Å². The third kappa shape index (κ3) is 5.23. The zero-order valence-electron chi connectivity index (χ0n) is 19.3. The van der Waals surface area contributed by atoms with Crippen molar-refractivity contribution < 1.29 is 42.9 Å². The largest absolute Gasteiger partial charge is 0.469 e. The molecule has 1 aliphatic carbocycles. The Balaban J connectivity index is 2.74. The van der Waals surface area contributed by atoms with E-state index in [-0.39, 0.29) is 38.2 Å². The molecule has 0 aromatic heterocycles. The number of ether oxygens (including phenoxy) is 4. The summed E-state index contributed by atoms with van der Waals surface area (Å²) in [6.07, 6.45) is -0.581. The van der Waals surface area contributed by atoms with Crippen LogP contribution in [-0.2, 0) is 38.1 Å². The van der Waals surface area contributed by atoms with Crippen molar-refractivity contribution in [3.8, 4) is 0 Å². The van der Waals surface area contributed by atoms with Crippen LogP contribution in [-0.4, -0.2) is 56.6 Å². The van der Waals surface area contributed by atoms with E-state index >= 15 is 0 Å². The summed E-state index contributed by atoms with van der Waals surface area (Å²) >= 11 is 0. The first kappa shape index (κ1) is 26.0. The number of methoxy groups -OCH3 is 1. The number of Topliss-reactive ketones (excluding diaryl/α,β-unsaturated/α-hetero) is 1. The Bertz CT molecular complexity index is 859. The number of carbonyl (C=O) groups is 5. The summed E-state index contributed by atoms with van der Waals surface area (Å²) in [6.45, 7) is 4.53. The second-order valence-corrected chi connectivity index (χ2v) is 7.64. The first-order valence-corrected chi connectivity index (χ1v) is 10.9. The van der Waals surface area contributed by atoms with Gasteiger partial charge in [0, 0.05) is 17.9 Å². The SMILES string of the molecule is CCOC(=O)[C@@H]1[C@H](C(=O)c2ccccc2)[C@@H](CC(=O)OC)CC1(C(=O)OCC)C(=O)OCC. The molecule has 180 valence electrons. The molecule has 0 aliphatic heterocycles. The van der Waals surface area contributed by atoms with Crippen molar-refractivity contribution in [1.29, 1.82) is 0 Å². The van der Waals surface area contributed by atoms with E-state index in [2.05, 4.69) is 0 Å². The molecule has 0 heterocycles. The molecule has 0 radical (unpaired) electrons. The molecule has 0 saturated heterocycles. The van der Waals surface area contributed by atoms with Crippen LogP contribution in [0.5, 0.6) is 0 Å². The maximum atomic E-state index is 13.6. The first-order chi connectivity index (χ1) is 15.8. The van der Waals surface area contributed by atoms with Crippen LogP contribution in [0.2, 0.25) is 0 Å². The number of rotatable bonds is 10. The molecular weight excluding hydrogens is 432 g/mol. The summed E-state index contributed by atoms with van der Waals surface area (Å²) in [6, 6.07) is 8.16.